The Hall–Kier alpha value is -2.88. The topological polar surface area (TPSA) is 106 Å². The fourth-order valence-electron chi connectivity index (χ4n) is 3.87. The molecule has 33 heavy (non-hydrogen) atoms. The van der Waals surface area contributed by atoms with Gasteiger partial charge in [-0.25, -0.2) is 13.2 Å². The number of carbonyl (C=O) groups excluding carboxylic acids is 2. The van der Waals surface area contributed by atoms with Crippen molar-refractivity contribution in [3.05, 3.63) is 59.3 Å². The zero-order chi connectivity index (χ0) is 23.6. The van der Waals surface area contributed by atoms with Gasteiger partial charge >= 0.3 is 5.97 Å². The van der Waals surface area contributed by atoms with Gasteiger partial charge in [-0.3, -0.25) is 4.79 Å². The third-order valence-electron chi connectivity index (χ3n) is 5.51. The molecule has 1 aliphatic rings. The van der Waals surface area contributed by atoms with E-state index in [-0.39, 0.29) is 35.4 Å². The fourth-order valence-corrected chi connectivity index (χ4v) is 5.52. The number of ether oxygens (including phenoxy) is 1. The molecule has 10 heteroatoms. The summed E-state index contributed by atoms with van der Waals surface area (Å²) in [7, 11) is -3.77. The van der Waals surface area contributed by atoms with Crippen molar-refractivity contribution in [2.75, 3.05) is 25.0 Å². The third kappa shape index (κ3) is 4.75. The molecule has 1 amide bonds. The van der Waals surface area contributed by atoms with Gasteiger partial charge in [-0.05, 0) is 56.2 Å². The van der Waals surface area contributed by atoms with E-state index in [1.54, 1.807) is 31.2 Å². The number of esters is 1. The Balaban J connectivity index is 1.57. The summed E-state index contributed by atoms with van der Waals surface area (Å²) in [6.45, 7) is 2.18. The summed E-state index contributed by atoms with van der Waals surface area (Å²) in [5.74, 6) is -1.75. The van der Waals surface area contributed by atoms with E-state index in [1.807, 2.05) is 0 Å². The van der Waals surface area contributed by atoms with E-state index in [0.29, 0.717) is 35.4 Å². The summed E-state index contributed by atoms with van der Waals surface area (Å²) in [5.41, 5.74) is 0.665. The summed E-state index contributed by atoms with van der Waals surface area (Å²) >= 11 is 5.87. The van der Waals surface area contributed by atoms with Crippen LogP contribution in [0.15, 0.2) is 57.8 Å². The van der Waals surface area contributed by atoms with Crippen molar-refractivity contribution >= 4 is 50.2 Å². The second-order valence-corrected chi connectivity index (χ2v) is 10.0. The highest BCUT2D eigenvalue weighted by molar-refractivity contribution is 7.89. The molecule has 1 aromatic heterocycles. The van der Waals surface area contributed by atoms with Crippen LogP contribution in [-0.2, 0) is 19.6 Å². The number of anilines is 1. The normalized spacial score (nSPS) is 17.1. The molecule has 3 aromatic rings. The molecule has 2 heterocycles. The van der Waals surface area contributed by atoms with Crippen molar-refractivity contribution in [2.24, 2.45) is 5.92 Å². The fraction of sp³-hybridized carbons (Fsp3) is 0.304. The molecule has 0 aliphatic carbocycles. The Morgan fingerprint density at radius 3 is 2.64 bits per heavy atom. The Morgan fingerprint density at radius 2 is 1.91 bits per heavy atom. The maximum absolute atomic E-state index is 13.2. The van der Waals surface area contributed by atoms with Gasteiger partial charge in [0.2, 0.25) is 21.7 Å². The molecule has 174 valence electrons. The number of carbonyl (C=O) groups is 2. The predicted molar refractivity (Wildman–Crippen MR) is 124 cm³/mol. The lowest BCUT2D eigenvalue weighted by molar-refractivity contribution is -0.120. The third-order valence-corrected chi connectivity index (χ3v) is 7.64. The van der Waals surface area contributed by atoms with E-state index in [9.17, 15) is 18.0 Å². The van der Waals surface area contributed by atoms with E-state index in [4.69, 9.17) is 20.8 Å². The van der Waals surface area contributed by atoms with Crippen LogP contribution in [0.25, 0.3) is 11.0 Å². The average molecular weight is 491 g/mol. The van der Waals surface area contributed by atoms with E-state index < -0.39 is 21.9 Å². The van der Waals surface area contributed by atoms with Crippen LogP contribution in [0.5, 0.6) is 0 Å². The number of nitrogens with one attached hydrogen (secondary N) is 1. The number of hydrogen-bond donors (Lipinski definition) is 1. The van der Waals surface area contributed by atoms with Crippen molar-refractivity contribution < 1.29 is 27.2 Å². The van der Waals surface area contributed by atoms with Crippen molar-refractivity contribution in [3.8, 4) is 0 Å². The lowest BCUT2D eigenvalue weighted by Crippen LogP contribution is -2.43. The van der Waals surface area contributed by atoms with Gasteiger partial charge in [0.05, 0.1) is 17.4 Å². The van der Waals surface area contributed by atoms with Gasteiger partial charge in [0.1, 0.15) is 11.3 Å². The quantitative estimate of drug-likeness (QED) is 0.516. The molecular weight excluding hydrogens is 468 g/mol. The van der Waals surface area contributed by atoms with Crippen molar-refractivity contribution in [1.29, 1.82) is 0 Å². The SMILES string of the molecule is CCOC(=O)c1oc2ccccc2c1NC(=O)C1CCCN(S(=O)(=O)c2ccc(Cl)cc2)C1. The first-order valence-corrected chi connectivity index (χ1v) is 12.4. The maximum atomic E-state index is 13.2. The van der Waals surface area contributed by atoms with Crippen LogP contribution in [0.1, 0.15) is 30.3 Å². The molecule has 1 aliphatic heterocycles. The molecule has 4 rings (SSSR count). The van der Waals surface area contributed by atoms with Gasteiger partial charge in [-0.15, -0.1) is 0 Å². The lowest BCUT2D eigenvalue weighted by Gasteiger charge is -2.31. The zero-order valence-electron chi connectivity index (χ0n) is 17.9. The van der Waals surface area contributed by atoms with Crippen LogP contribution in [0.2, 0.25) is 5.02 Å². The summed E-state index contributed by atoms with van der Waals surface area (Å²) in [6.07, 6.45) is 1.05. The summed E-state index contributed by atoms with van der Waals surface area (Å²) < 4.78 is 38.1. The molecule has 0 radical (unpaired) electrons. The van der Waals surface area contributed by atoms with Gasteiger partial charge in [0.25, 0.3) is 0 Å². The number of piperidine rings is 1. The van der Waals surface area contributed by atoms with Crippen LogP contribution in [-0.4, -0.2) is 44.3 Å². The molecular formula is C23H23ClN2O6S. The number of nitrogens with zero attached hydrogens (tertiary/aromatic N) is 1. The highest BCUT2D eigenvalue weighted by Gasteiger charge is 2.34. The summed E-state index contributed by atoms with van der Waals surface area (Å²) in [4.78, 5) is 25.7. The molecule has 1 unspecified atom stereocenters. The van der Waals surface area contributed by atoms with Crippen molar-refractivity contribution in [3.63, 3.8) is 0 Å². The van der Waals surface area contributed by atoms with Gasteiger partial charge < -0.3 is 14.5 Å². The predicted octanol–water partition coefficient (Wildman–Crippen LogP) is 4.30. The first kappa shape index (κ1) is 23.3. The smallest absolute Gasteiger partial charge is 0.376 e. The van der Waals surface area contributed by atoms with Crippen molar-refractivity contribution in [2.45, 2.75) is 24.7 Å². The van der Waals surface area contributed by atoms with Gasteiger partial charge in [-0.1, -0.05) is 23.7 Å². The van der Waals surface area contributed by atoms with Crippen LogP contribution in [0.3, 0.4) is 0 Å². The Bertz CT molecular complexity index is 1290. The lowest BCUT2D eigenvalue weighted by atomic mass is 9.98. The molecule has 1 fully saturated rings. The first-order chi connectivity index (χ1) is 15.8. The first-order valence-electron chi connectivity index (χ1n) is 10.6. The Morgan fingerprint density at radius 1 is 1.18 bits per heavy atom. The summed E-state index contributed by atoms with van der Waals surface area (Å²) in [6, 6.07) is 12.9. The number of sulfonamides is 1. The number of para-hydroxylation sites is 1. The molecule has 1 atom stereocenters. The molecule has 0 saturated carbocycles. The monoisotopic (exact) mass is 490 g/mol. The van der Waals surface area contributed by atoms with Crippen LogP contribution < -0.4 is 5.32 Å². The van der Waals surface area contributed by atoms with E-state index >= 15 is 0 Å². The van der Waals surface area contributed by atoms with Gasteiger partial charge in [-0.2, -0.15) is 4.31 Å². The molecule has 1 N–H and O–H groups in total. The molecule has 1 saturated heterocycles. The number of fused-ring (bicyclic) bond motifs is 1. The van der Waals surface area contributed by atoms with Crippen LogP contribution in [0.4, 0.5) is 5.69 Å². The Kier molecular flexibility index (Phi) is 6.73. The molecule has 2 aromatic carbocycles. The number of halogens is 1. The summed E-state index contributed by atoms with van der Waals surface area (Å²) in [5, 5.41) is 3.79. The molecule has 0 spiro atoms. The van der Waals surface area contributed by atoms with Crippen molar-refractivity contribution in [1.82, 2.24) is 4.31 Å². The van der Waals surface area contributed by atoms with Gasteiger partial charge in [0, 0.05) is 23.5 Å². The second kappa shape index (κ2) is 9.54. The van der Waals surface area contributed by atoms with Gasteiger partial charge in [0.15, 0.2) is 0 Å². The van der Waals surface area contributed by atoms with E-state index in [0.717, 1.165) is 0 Å². The zero-order valence-corrected chi connectivity index (χ0v) is 19.5. The largest absolute Gasteiger partial charge is 0.460 e. The number of furan rings is 1. The van der Waals surface area contributed by atoms with Crippen LogP contribution in [0, 0.1) is 5.92 Å². The van der Waals surface area contributed by atoms with Crippen LogP contribution >= 0.6 is 11.6 Å². The van der Waals surface area contributed by atoms with E-state index in [1.165, 1.54) is 28.6 Å². The highest BCUT2D eigenvalue weighted by Crippen LogP contribution is 2.33. The minimum atomic E-state index is -3.77. The van der Waals surface area contributed by atoms with E-state index in [2.05, 4.69) is 5.32 Å². The number of benzene rings is 2. The Labute approximate surface area is 196 Å². The standard InChI is InChI=1S/C23H23ClN2O6S/c1-2-31-23(28)21-20(18-7-3-4-8-19(18)32-21)25-22(27)15-6-5-13-26(14-15)33(29,30)17-11-9-16(24)10-12-17/h3-4,7-12,15H,2,5-6,13-14H2,1H3,(H,25,27). The average Bonchev–Trinajstić information content (AvgIpc) is 3.18. The number of hydrogen-bond acceptors (Lipinski definition) is 6. The minimum Gasteiger partial charge on any atom is -0.460 e. The molecule has 0 bridgehead atoms. The molecule has 8 nitrogen and oxygen atoms in total. The number of amides is 1. The second-order valence-electron chi connectivity index (χ2n) is 7.67. The minimum absolute atomic E-state index is 0.0291. The number of rotatable bonds is 6. The highest BCUT2D eigenvalue weighted by atomic mass is 35.5. The maximum Gasteiger partial charge on any atom is 0.376 e.